The summed E-state index contributed by atoms with van der Waals surface area (Å²) >= 11 is 0. The third-order valence-corrected chi connectivity index (χ3v) is 4.28. The molecule has 25 heavy (non-hydrogen) atoms. The topological polar surface area (TPSA) is 101 Å². The maximum absolute atomic E-state index is 12.9. The van der Waals surface area contributed by atoms with E-state index >= 15 is 0 Å². The number of rotatable bonds is 4. The molecule has 0 saturated heterocycles. The van der Waals surface area contributed by atoms with Crippen molar-refractivity contribution in [1.82, 2.24) is 0 Å². The molecule has 0 saturated carbocycles. The molecule has 0 unspecified atom stereocenters. The summed E-state index contributed by atoms with van der Waals surface area (Å²) in [6.45, 7) is 1.41. The van der Waals surface area contributed by atoms with Gasteiger partial charge in [-0.15, -0.1) is 0 Å². The fraction of sp³-hybridized carbons (Fsp3) is 0.211. The third kappa shape index (κ3) is 2.55. The number of carbonyl (C=O) groups excluding carboxylic acids is 3. The van der Waals surface area contributed by atoms with Crippen LogP contribution in [0.25, 0.3) is 0 Å². The van der Waals surface area contributed by atoms with Crippen molar-refractivity contribution in [2.24, 2.45) is 0 Å². The van der Waals surface area contributed by atoms with E-state index < -0.39 is 17.3 Å². The zero-order valence-corrected chi connectivity index (χ0v) is 13.8. The number of methoxy groups -OCH3 is 1. The molecule has 6 nitrogen and oxygen atoms in total. The lowest BCUT2D eigenvalue weighted by atomic mass is 9.81. The van der Waals surface area contributed by atoms with Gasteiger partial charge in [0.1, 0.15) is 23.0 Å². The Bertz CT molecular complexity index is 926. The molecule has 0 spiro atoms. The normalized spacial score (nSPS) is 12.6. The van der Waals surface area contributed by atoms with Crippen LogP contribution in [0.3, 0.4) is 0 Å². The van der Waals surface area contributed by atoms with Gasteiger partial charge in [0.15, 0.2) is 5.78 Å². The molecule has 3 rings (SSSR count). The van der Waals surface area contributed by atoms with Crippen LogP contribution < -0.4 is 4.74 Å². The van der Waals surface area contributed by atoms with E-state index in [0.29, 0.717) is 0 Å². The van der Waals surface area contributed by atoms with Gasteiger partial charge in [0.05, 0.1) is 23.8 Å². The fourth-order valence-electron chi connectivity index (χ4n) is 3.05. The SMILES string of the molecule is COc1cccc2c1C(=O)c1c(O)c(CCC(C)=O)cc(O)c1C2=O. The minimum atomic E-state index is -0.598. The van der Waals surface area contributed by atoms with Gasteiger partial charge < -0.3 is 19.7 Å². The van der Waals surface area contributed by atoms with E-state index in [9.17, 15) is 24.6 Å². The highest BCUT2D eigenvalue weighted by atomic mass is 16.5. The molecule has 0 aliphatic heterocycles. The lowest BCUT2D eigenvalue weighted by Gasteiger charge is -2.22. The minimum Gasteiger partial charge on any atom is -0.507 e. The van der Waals surface area contributed by atoms with Crippen molar-refractivity contribution in [2.45, 2.75) is 19.8 Å². The van der Waals surface area contributed by atoms with E-state index in [0.717, 1.165) is 0 Å². The highest BCUT2D eigenvalue weighted by molar-refractivity contribution is 6.31. The Morgan fingerprint density at radius 2 is 1.80 bits per heavy atom. The molecule has 0 radical (unpaired) electrons. The number of aryl methyl sites for hydroxylation is 1. The number of ketones is 3. The summed E-state index contributed by atoms with van der Waals surface area (Å²) in [6.07, 6.45) is 0.302. The van der Waals surface area contributed by atoms with Crippen LogP contribution in [0.15, 0.2) is 24.3 Å². The van der Waals surface area contributed by atoms with Gasteiger partial charge in [0.25, 0.3) is 0 Å². The zero-order chi connectivity index (χ0) is 18.3. The first-order valence-corrected chi connectivity index (χ1v) is 7.70. The first kappa shape index (κ1) is 16.7. The number of hydrogen-bond acceptors (Lipinski definition) is 6. The van der Waals surface area contributed by atoms with Gasteiger partial charge in [0.2, 0.25) is 5.78 Å². The van der Waals surface area contributed by atoms with Crippen LogP contribution >= 0.6 is 0 Å². The molecule has 2 aromatic rings. The van der Waals surface area contributed by atoms with E-state index in [1.165, 1.54) is 26.2 Å². The van der Waals surface area contributed by atoms with Gasteiger partial charge in [0, 0.05) is 12.0 Å². The summed E-state index contributed by atoms with van der Waals surface area (Å²) in [6, 6.07) is 5.83. The van der Waals surface area contributed by atoms with E-state index in [-0.39, 0.29) is 57.9 Å². The summed E-state index contributed by atoms with van der Waals surface area (Å²) in [5, 5.41) is 20.8. The first-order valence-electron chi connectivity index (χ1n) is 7.70. The summed E-state index contributed by atoms with van der Waals surface area (Å²) in [5.74, 6) is -1.81. The van der Waals surface area contributed by atoms with Crippen molar-refractivity contribution in [3.63, 3.8) is 0 Å². The molecular weight excluding hydrogens is 324 g/mol. The Kier molecular flexibility index (Phi) is 4.04. The number of Topliss-reactive ketones (excluding diaryl/α,β-unsaturated/α-hetero) is 1. The Morgan fingerprint density at radius 3 is 2.44 bits per heavy atom. The van der Waals surface area contributed by atoms with E-state index in [2.05, 4.69) is 0 Å². The monoisotopic (exact) mass is 340 g/mol. The second kappa shape index (κ2) is 6.05. The number of aromatic hydroxyl groups is 2. The van der Waals surface area contributed by atoms with E-state index in [4.69, 9.17) is 4.74 Å². The standard InChI is InChI=1S/C19H16O6/c1-9(20)6-7-10-8-12(21)15-16(17(10)22)19(24)14-11(18(15)23)4-3-5-13(14)25-2/h3-5,8,21-22H,6-7H2,1-2H3. The number of benzene rings is 2. The predicted molar refractivity (Wildman–Crippen MR) is 88.6 cm³/mol. The quantitative estimate of drug-likeness (QED) is 0.707. The molecule has 0 aromatic heterocycles. The Morgan fingerprint density at radius 1 is 1.08 bits per heavy atom. The van der Waals surface area contributed by atoms with Gasteiger partial charge >= 0.3 is 0 Å². The fourth-order valence-corrected chi connectivity index (χ4v) is 3.05. The molecule has 6 heteroatoms. The number of phenols is 2. The molecule has 0 atom stereocenters. The van der Waals surface area contributed by atoms with Crippen molar-refractivity contribution < 1.29 is 29.3 Å². The number of hydrogen-bond donors (Lipinski definition) is 2. The highest BCUT2D eigenvalue weighted by Gasteiger charge is 2.37. The minimum absolute atomic E-state index is 0.0564. The van der Waals surface area contributed by atoms with Crippen LogP contribution in [-0.2, 0) is 11.2 Å². The van der Waals surface area contributed by atoms with Gasteiger partial charge in [-0.3, -0.25) is 9.59 Å². The summed E-state index contributed by atoms with van der Waals surface area (Å²) in [5.41, 5.74) is -0.0646. The van der Waals surface area contributed by atoms with Gasteiger partial charge in [-0.1, -0.05) is 12.1 Å². The molecule has 2 aromatic carbocycles. The Labute approximate surface area is 143 Å². The smallest absolute Gasteiger partial charge is 0.202 e. The predicted octanol–water partition coefficient (Wildman–Crippen LogP) is 2.40. The van der Waals surface area contributed by atoms with Crippen LogP contribution in [0.5, 0.6) is 17.2 Å². The molecule has 0 bridgehead atoms. The number of fused-ring (bicyclic) bond motifs is 2. The first-order chi connectivity index (χ1) is 11.9. The Hall–Kier alpha value is -3.15. The van der Waals surface area contributed by atoms with Gasteiger partial charge in [-0.25, -0.2) is 0 Å². The van der Waals surface area contributed by atoms with Crippen LogP contribution in [0.4, 0.5) is 0 Å². The van der Waals surface area contributed by atoms with Crippen molar-refractivity contribution in [1.29, 1.82) is 0 Å². The average Bonchev–Trinajstić information content (AvgIpc) is 2.59. The zero-order valence-electron chi connectivity index (χ0n) is 13.8. The van der Waals surface area contributed by atoms with Crippen molar-refractivity contribution >= 4 is 17.3 Å². The van der Waals surface area contributed by atoms with Crippen molar-refractivity contribution in [2.75, 3.05) is 7.11 Å². The molecule has 128 valence electrons. The molecule has 1 aliphatic carbocycles. The van der Waals surface area contributed by atoms with Crippen LogP contribution in [0.1, 0.15) is 50.8 Å². The van der Waals surface area contributed by atoms with Crippen molar-refractivity contribution in [3.8, 4) is 17.2 Å². The number of ether oxygens (including phenoxy) is 1. The summed E-state index contributed by atoms with van der Waals surface area (Å²) in [4.78, 5) is 36.8. The van der Waals surface area contributed by atoms with Crippen LogP contribution in [-0.4, -0.2) is 34.7 Å². The molecule has 1 aliphatic rings. The Balaban J connectivity index is 2.24. The second-order valence-electron chi connectivity index (χ2n) is 5.90. The van der Waals surface area contributed by atoms with Crippen LogP contribution in [0, 0.1) is 0 Å². The summed E-state index contributed by atoms with van der Waals surface area (Å²) in [7, 11) is 1.38. The lowest BCUT2D eigenvalue weighted by molar-refractivity contribution is -0.116. The molecule has 0 amide bonds. The van der Waals surface area contributed by atoms with Crippen LogP contribution in [0.2, 0.25) is 0 Å². The second-order valence-corrected chi connectivity index (χ2v) is 5.90. The van der Waals surface area contributed by atoms with Crippen molar-refractivity contribution in [3.05, 3.63) is 52.1 Å². The van der Waals surface area contributed by atoms with E-state index in [1.54, 1.807) is 12.1 Å². The molecular formula is C19H16O6. The molecule has 0 heterocycles. The maximum Gasteiger partial charge on any atom is 0.202 e. The van der Waals surface area contributed by atoms with E-state index in [1.807, 2.05) is 0 Å². The molecule has 2 N–H and O–H groups in total. The maximum atomic E-state index is 12.9. The van der Waals surface area contributed by atoms with Gasteiger partial charge in [-0.05, 0) is 31.0 Å². The largest absolute Gasteiger partial charge is 0.507 e. The van der Waals surface area contributed by atoms with Gasteiger partial charge in [-0.2, -0.15) is 0 Å². The number of phenolic OH excluding ortho intramolecular Hbond substituents is 2. The average molecular weight is 340 g/mol. The third-order valence-electron chi connectivity index (χ3n) is 4.28. The summed E-state index contributed by atoms with van der Waals surface area (Å²) < 4.78 is 5.16. The number of carbonyl (C=O) groups is 3. The molecule has 0 fully saturated rings. The highest BCUT2D eigenvalue weighted by Crippen LogP contribution is 2.42. The lowest BCUT2D eigenvalue weighted by Crippen LogP contribution is -2.22.